The summed E-state index contributed by atoms with van der Waals surface area (Å²) in [6.07, 6.45) is 1.50. The van der Waals surface area contributed by atoms with Crippen LogP contribution in [0.2, 0.25) is 0 Å². The van der Waals surface area contributed by atoms with Crippen LogP contribution in [-0.2, 0) is 10.0 Å². The molecule has 6 heteroatoms. The van der Waals surface area contributed by atoms with E-state index in [4.69, 9.17) is 0 Å². The number of nitrogens with zero attached hydrogens (tertiary/aromatic N) is 1. The average molecular weight is 257 g/mol. The van der Waals surface area contributed by atoms with E-state index in [1.54, 1.807) is 26.0 Å². The van der Waals surface area contributed by atoms with Crippen molar-refractivity contribution in [1.29, 1.82) is 0 Å². The van der Waals surface area contributed by atoms with Crippen LogP contribution in [0.5, 0.6) is 0 Å². The van der Waals surface area contributed by atoms with Gasteiger partial charge in [-0.05, 0) is 39.8 Å². The summed E-state index contributed by atoms with van der Waals surface area (Å²) in [5, 5.41) is 2.67. The molecule has 0 spiro atoms. The van der Waals surface area contributed by atoms with Gasteiger partial charge >= 0.3 is 0 Å². The van der Waals surface area contributed by atoms with Gasteiger partial charge in [0.25, 0.3) is 0 Å². The van der Waals surface area contributed by atoms with Gasteiger partial charge in [-0.2, -0.15) is 0 Å². The summed E-state index contributed by atoms with van der Waals surface area (Å²) >= 11 is 0. The molecule has 1 aromatic rings. The Kier molecular flexibility index (Phi) is 4.34. The Labute approximate surface area is 103 Å². The van der Waals surface area contributed by atoms with E-state index < -0.39 is 15.3 Å². The van der Waals surface area contributed by atoms with Crippen molar-refractivity contribution in [3.8, 4) is 0 Å². The maximum absolute atomic E-state index is 11.6. The minimum Gasteiger partial charge on any atom is -0.368 e. The third-order valence-corrected chi connectivity index (χ3v) is 3.84. The summed E-state index contributed by atoms with van der Waals surface area (Å²) in [7, 11) is -3.30. The topological polar surface area (TPSA) is 71.1 Å². The van der Waals surface area contributed by atoms with Crippen molar-refractivity contribution in [3.63, 3.8) is 0 Å². The predicted octanol–water partition coefficient (Wildman–Crippen LogP) is 2.05. The van der Waals surface area contributed by atoms with Gasteiger partial charge in [-0.25, -0.2) is 13.4 Å². The van der Waals surface area contributed by atoms with Gasteiger partial charge in [0.1, 0.15) is 5.82 Å². The van der Waals surface area contributed by atoms with Crippen molar-refractivity contribution in [2.45, 2.75) is 39.0 Å². The molecule has 0 aliphatic heterocycles. The number of aromatic nitrogens is 1. The van der Waals surface area contributed by atoms with Crippen molar-refractivity contribution in [2.24, 2.45) is 0 Å². The lowest BCUT2D eigenvalue weighted by molar-refractivity contribution is 0.592. The first kappa shape index (κ1) is 13.8. The molecule has 0 bridgehead atoms. The molecule has 0 atom stereocenters. The number of pyridine rings is 1. The van der Waals surface area contributed by atoms with Crippen LogP contribution in [-0.4, -0.2) is 24.7 Å². The number of anilines is 2. The average Bonchev–Trinajstić information content (AvgIpc) is 2.19. The van der Waals surface area contributed by atoms with E-state index >= 15 is 0 Å². The second-order valence-corrected chi connectivity index (χ2v) is 6.66. The second kappa shape index (κ2) is 5.35. The SMILES string of the molecule is CC(C)Nc1ccc(NS(=O)(=O)C(C)C)cn1. The van der Waals surface area contributed by atoms with Crippen LogP contribution in [0.4, 0.5) is 11.5 Å². The first-order valence-corrected chi connectivity index (χ1v) is 7.10. The first-order valence-electron chi connectivity index (χ1n) is 5.55. The van der Waals surface area contributed by atoms with Crippen molar-refractivity contribution in [1.82, 2.24) is 4.98 Å². The van der Waals surface area contributed by atoms with Crippen molar-refractivity contribution in [3.05, 3.63) is 18.3 Å². The third kappa shape index (κ3) is 4.22. The van der Waals surface area contributed by atoms with E-state index in [1.165, 1.54) is 6.20 Å². The Morgan fingerprint density at radius 1 is 1.18 bits per heavy atom. The molecular weight excluding hydrogens is 238 g/mol. The van der Waals surface area contributed by atoms with Gasteiger partial charge in [-0.15, -0.1) is 0 Å². The van der Waals surface area contributed by atoms with E-state index in [0.29, 0.717) is 11.7 Å². The van der Waals surface area contributed by atoms with E-state index in [2.05, 4.69) is 15.0 Å². The number of hydrogen-bond acceptors (Lipinski definition) is 4. The molecule has 0 fully saturated rings. The first-order chi connectivity index (χ1) is 7.81. The molecule has 0 unspecified atom stereocenters. The monoisotopic (exact) mass is 257 g/mol. The number of hydrogen-bond donors (Lipinski definition) is 2. The lowest BCUT2D eigenvalue weighted by Gasteiger charge is -2.12. The largest absolute Gasteiger partial charge is 0.368 e. The molecule has 5 nitrogen and oxygen atoms in total. The minimum absolute atomic E-state index is 0.292. The lowest BCUT2D eigenvalue weighted by Crippen LogP contribution is -2.22. The fourth-order valence-corrected chi connectivity index (χ4v) is 1.80. The standard InChI is InChI=1S/C11H19N3O2S/c1-8(2)13-11-6-5-10(7-12-11)14-17(15,16)9(3)4/h5-9,14H,1-4H3,(H,12,13). The third-order valence-electron chi connectivity index (χ3n) is 2.08. The normalized spacial score (nSPS) is 11.9. The Morgan fingerprint density at radius 2 is 1.82 bits per heavy atom. The molecule has 0 radical (unpaired) electrons. The van der Waals surface area contributed by atoms with Crippen LogP contribution in [0.3, 0.4) is 0 Å². The van der Waals surface area contributed by atoms with Crippen LogP contribution in [0.15, 0.2) is 18.3 Å². The van der Waals surface area contributed by atoms with Gasteiger partial charge < -0.3 is 5.32 Å². The highest BCUT2D eigenvalue weighted by molar-refractivity contribution is 7.93. The van der Waals surface area contributed by atoms with Gasteiger partial charge in [-0.3, -0.25) is 4.72 Å². The highest BCUT2D eigenvalue weighted by Gasteiger charge is 2.15. The molecule has 1 heterocycles. The molecule has 1 rings (SSSR count). The molecule has 1 aromatic heterocycles. The van der Waals surface area contributed by atoms with Gasteiger partial charge in [0, 0.05) is 6.04 Å². The molecule has 0 aliphatic carbocycles. The predicted molar refractivity (Wildman–Crippen MR) is 70.7 cm³/mol. The van der Waals surface area contributed by atoms with Crippen molar-refractivity contribution >= 4 is 21.5 Å². The summed E-state index contributed by atoms with van der Waals surface area (Å²) in [5.74, 6) is 0.729. The summed E-state index contributed by atoms with van der Waals surface area (Å²) in [4.78, 5) is 4.12. The molecular formula is C11H19N3O2S. The Morgan fingerprint density at radius 3 is 2.24 bits per heavy atom. The van der Waals surface area contributed by atoms with E-state index in [-0.39, 0.29) is 0 Å². The van der Waals surface area contributed by atoms with Crippen LogP contribution in [0.25, 0.3) is 0 Å². The molecule has 0 amide bonds. The highest BCUT2D eigenvalue weighted by Crippen LogP contribution is 2.13. The van der Waals surface area contributed by atoms with Gasteiger partial charge in [0.2, 0.25) is 10.0 Å². The quantitative estimate of drug-likeness (QED) is 0.847. The zero-order valence-electron chi connectivity index (χ0n) is 10.6. The van der Waals surface area contributed by atoms with E-state index in [0.717, 1.165) is 5.82 Å². The van der Waals surface area contributed by atoms with Gasteiger partial charge in [-0.1, -0.05) is 0 Å². The summed E-state index contributed by atoms with van der Waals surface area (Å²) in [6.45, 7) is 7.28. The minimum atomic E-state index is -3.30. The molecule has 0 saturated heterocycles. The van der Waals surface area contributed by atoms with Crippen molar-refractivity contribution < 1.29 is 8.42 Å². The Bertz CT molecular complexity index is 452. The Balaban J connectivity index is 2.76. The highest BCUT2D eigenvalue weighted by atomic mass is 32.2. The molecule has 2 N–H and O–H groups in total. The van der Waals surface area contributed by atoms with E-state index in [1.807, 2.05) is 13.8 Å². The van der Waals surface area contributed by atoms with Crippen LogP contribution < -0.4 is 10.0 Å². The number of nitrogens with one attached hydrogen (secondary N) is 2. The second-order valence-electron chi connectivity index (χ2n) is 4.43. The molecule has 17 heavy (non-hydrogen) atoms. The van der Waals surface area contributed by atoms with Crippen molar-refractivity contribution in [2.75, 3.05) is 10.0 Å². The summed E-state index contributed by atoms with van der Waals surface area (Å²) < 4.78 is 25.7. The number of rotatable bonds is 5. The van der Waals surface area contributed by atoms with E-state index in [9.17, 15) is 8.42 Å². The Hall–Kier alpha value is -1.30. The molecule has 0 aliphatic rings. The fraction of sp³-hybridized carbons (Fsp3) is 0.545. The zero-order valence-corrected chi connectivity index (χ0v) is 11.4. The molecule has 0 aromatic carbocycles. The van der Waals surface area contributed by atoms with Crippen LogP contribution >= 0.6 is 0 Å². The summed E-state index contributed by atoms with van der Waals surface area (Å²) in [6, 6.07) is 3.73. The smallest absolute Gasteiger partial charge is 0.235 e. The summed E-state index contributed by atoms with van der Waals surface area (Å²) in [5.41, 5.74) is 0.480. The number of sulfonamides is 1. The maximum atomic E-state index is 11.6. The lowest BCUT2D eigenvalue weighted by atomic mass is 10.3. The van der Waals surface area contributed by atoms with Crippen LogP contribution in [0, 0.1) is 0 Å². The molecule has 0 saturated carbocycles. The van der Waals surface area contributed by atoms with Gasteiger partial charge in [0.05, 0.1) is 17.1 Å². The van der Waals surface area contributed by atoms with Crippen LogP contribution in [0.1, 0.15) is 27.7 Å². The fourth-order valence-electron chi connectivity index (χ4n) is 1.12. The zero-order chi connectivity index (χ0) is 13.1. The van der Waals surface area contributed by atoms with Gasteiger partial charge in [0.15, 0.2) is 0 Å². The molecule has 96 valence electrons. The maximum Gasteiger partial charge on any atom is 0.235 e.